The standard InChI is InChI=1S/C13H13ClO2/c14-12-4-2-1-3-10(12)7-11(8-13(15)16)9-5-6-9/h1-4,8-9H,5-7H2,(H,15,16)/b11-8-. The van der Waals surface area contributed by atoms with Crippen molar-refractivity contribution in [3.8, 4) is 0 Å². The Morgan fingerprint density at radius 3 is 2.69 bits per heavy atom. The molecule has 1 aromatic carbocycles. The van der Waals surface area contributed by atoms with Crippen molar-refractivity contribution < 1.29 is 9.90 Å². The molecule has 84 valence electrons. The van der Waals surface area contributed by atoms with Crippen LogP contribution in [-0.4, -0.2) is 11.1 Å². The Hall–Kier alpha value is -1.28. The molecule has 0 saturated heterocycles. The number of allylic oxidation sites excluding steroid dienone is 1. The molecule has 1 aromatic rings. The SMILES string of the molecule is O=C(O)/C=C(/Cc1ccccc1Cl)C1CC1. The maximum Gasteiger partial charge on any atom is 0.328 e. The summed E-state index contributed by atoms with van der Waals surface area (Å²) in [5, 5.41) is 9.51. The largest absolute Gasteiger partial charge is 0.478 e. The number of rotatable bonds is 4. The fourth-order valence-electron chi connectivity index (χ4n) is 1.79. The number of hydrogen-bond acceptors (Lipinski definition) is 1. The first-order chi connectivity index (χ1) is 7.66. The lowest BCUT2D eigenvalue weighted by Gasteiger charge is -2.07. The van der Waals surface area contributed by atoms with E-state index in [0.717, 1.165) is 24.0 Å². The van der Waals surface area contributed by atoms with Gasteiger partial charge in [0.2, 0.25) is 0 Å². The second-order valence-electron chi connectivity index (χ2n) is 4.10. The smallest absolute Gasteiger partial charge is 0.328 e. The van der Waals surface area contributed by atoms with E-state index in [1.807, 2.05) is 24.3 Å². The summed E-state index contributed by atoms with van der Waals surface area (Å²) in [4.78, 5) is 10.7. The first-order valence-corrected chi connectivity index (χ1v) is 5.71. The average molecular weight is 237 g/mol. The quantitative estimate of drug-likeness (QED) is 0.815. The summed E-state index contributed by atoms with van der Waals surface area (Å²) in [6.07, 6.45) is 4.19. The van der Waals surface area contributed by atoms with Crippen molar-refractivity contribution in [2.45, 2.75) is 19.3 Å². The van der Waals surface area contributed by atoms with E-state index in [2.05, 4.69) is 0 Å². The van der Waals surface area contributed by atoms with Gasteiger partial charge in [0.05, 0.1) is 0 Å². The zero-order valence-corrected chi connectivity index (χ0v) is 9.57. The predicted octanol–water partition coefficient (Wildman–Crippen LogP) is 3.30. The number of aliphatic carboxylic acids is 1. The van der Waals surface area contributed by atoms with Gasteiger partial charge in [-0.05, 0) is 36.8 Å². The van der Waals surface area contributed by atoms with E-state index < -0.39 is 5.97 Å². The molecule has 0 spiro atoms. The molecule has 2 rings (SSSR count). The molecule has 1 aliphatic carbocycles. The van der Waals surface area contributed by atoms with Gasteiger partial charge in [-0.15, -0.1) is 0 Å². The van der Waals surface area contributed by atoms with Crippen LogP contribution >= 0.6 is 11.6 Å². The fraction of sp³-hybridized carbons (Fsp3) is 0.308. The van der Waals surface area contributed by atoms with Gasteiger partial charge in [-0.2, -0.15) is 0 Å². The van der Waals surface area contributed by atoms with Crippen molar-refractivity contribution >= 4 is 17.6 Å². The Kier molecular flexibility index (Phi) is 3.30. The van der Waals surface area contributed by atoms with Crippen LogP contribution < -0.4 is 0 Å². The lowest BCUT2D eigenvalue weighted by Crippen LogP contribution is -1.98. The minimum atomic E-state index is -0.867. The topological polar surface area (TPSA) is 37.3 Å². The predicted molar refractivity (Wildman–Crippen MR) is 63.6 cm³/mol. The highest BCUT2D eigenvalue weighted by Gasteiger charge is 2.26. The monoisotopic (exact) mass is 236 g/mol. The lowest BCUT2D eigenvalue weighted by atomic mass is 10.0. The third kappa shape index (κ3) is 2.86. The summed E-state index contributed by atoms with van der Waals surface area (Å²) in [5.74, 6) is -0.415. The van der Waals surface area contributed by atoms with Crippen molar-refractivity contribution in [2.24, 2.45) is 5.92 Å². The van der Waals surface area contributed by atoms with Gasteiger partial charge in [0.1, 0.15) is 0 Å². The van der Waals surface area contributed by atoms with Crippen LogP contribution in [0, 0.1) is 5.92 Å². The molecule has 1 aliphatic rings. The minimum absolute atomic E-state index is 0.451. The molecule has 0 aromatic heterocycles. The third-order valence-corrected chi connectivity index (χ3v) is 3.13. The molecule has 0 aliphatic heterocycles. The van der Waals surface area contributed by atoms with E-state index in [1.54, 1.807) is 0 Å². The van der Waals surface area contributed by atoms with Gasteiger partial charge in [0.15, 0.2) is 0 Å². The molecule has 2 nitrogen and oxygen atoms in total. The summed E-state index contributed by atoms with van der Waals surface area (Å²) in [6, 6.07) is 7.58. The summed E-state index contributed by atoms with van der Waals surface area (Å²) in [6.45, 7) is 0. The molecule has 0 bridgehead atoms. The zero-order valence-electron chi connectivity index (χ0n) is 8.82. The van der Waals surface area contributed by atoms with Gasteiger partial charge in [-0.1, -0.05) is 35.4 Å². The number of hydrogen-bond donors (Lipinski definition) is 1. The van der Waals surface area contributed by atoms with Crippen LogP contribution in [0.4, 0.5) is 0 Å². The van der Waals surface area contributed by atoms with Crippen LogP contribution in [0.1, 0.15) is 18.4 Å². The molecule has 0 amide bonds. The van der Waals surface area contributed by atoms with Crippen molar-refractivity contribution in [1.82, 2.24) is 0 Å². The number of carbonyl (C=O) groups is 1. The van der Waals surface area contributed by atoms with E-state index in [1.165, 1.54) is 6.08 Å². The van der Waals surface area contributed by atoms with Crippen LogP contribution in [0.5, 0.6) is 0 Å². The molecular formula is C13H13ClO2. The summed E-state index contributed by atoms with van der Waals surface area (Å²) >= 11 is 6.06. The second kappa shape index (κ2) is 4.71. The number of carboxylic acids is 1. The van der Waals surface area contributed by atoms with Crippen molar-refractivity contribution in [3.63, 3.8) is 0 Å². The van der Waals surface area contributed by atoms with E-state index in [4.69, 9.17) is 16.7 Å². The molecule has 1 fully saturated rings. The molecule has 1 N–H and O–H groups in total. The minimum Gasteiger partial charge on any atom is -0.478 e. The first kappa shape index (κ1) is 11.2. The Balaban J connectivity index is 2.18. The van der Waals surface area contributed by atoms with Gasteiger partial charge in [0.25, 0.3) is 0 Å². The molecule has 0 heterocycles. The Labute approximate surface area is 99.5 Å². The molecule has 0 unspecified atom stereocenters. The van der Waals surface area contributed by atoms with Crippen molar-refractivity contribution in [3.05, 3.63) is 46.5 Å². The van der Waals surface area contributed by atoms with Crippen LogP contribution in [-0.2, 0) is 11.2 Å². The molecule has 0 radical (unpaired) electrons. The van der Waals surface area contributed by atoms with Crippen LogP contribution in [0.3, 0.4) is 0 Å². The summed E-state index contributed by atoms with van der Waals surface area (Å²) in [5.41, 5.74) is 1.99. The van der Waals surface area contributed by atoms with Gasteiger partial charge in [-0.3, -0.25) is 0 Å². The Bertz CT molecular complexity index is 433. The maximum absolute atomic E-state index is 10.7. The number of carboxylic acid groups (broad SMARTS) is 1. The van der Waals surface area contributed by atoms with Gasteiger partial charge < -0.3 is 5.11 Å². The highest BCUT2D eigenvalue weighted by atomic mass is 35.5. The van der Waals surface area contributed by atoms with E-state index in [-0.39, 0.29) is 0 Å². The molecule has 1 saturated carbocycles. The molecule has 3 heteroatoms. The highest BCUT2D eigenvalue weighted by molar-refractivity contribution is 6.31. The summed E-state index contributed by atoms with van der Waals surface area (Å²) in [7, 11) is 0. The highest BCUT2D eigenvalue weighted by Crippen LogP contribution is 2.38. The van der Waals surface area contributed by atoms with Crippen LogP contribution in [0.2, 0.25) is 5.02 Å². The number of benzene rings is 1. The summed E-state index contributed by atoms with van der Waals surface area (Å²) < 4.78 is 0. The fourth-order valence-corrected chi connectivity index (χ4v) is 1.99. The van der Waals surface area contributed by atoms with Crippen molar-refractivity contribution in [2.75, 3.05) is 0 Å². The van der Waals surface area contributed by atoms with Crippen LogP contribution in [0.15, 0.2) is 35.9 Å². The first-order valence-electron chi connectivity index (χ1n) is 5.33. The average Bonchev–Trinajstić information content (AvgIpc) is 3.03. The second-order valence-corrected chi connectivity index (χ2v) is 4.51. The third-order valence-electron chi connectivity index (χ3n) is 2.76. The van der Waals surface area contributed by atoms with Gasteiger partial charge in [0, 0.05) is 11.1 Å². The van der Waals surface area contributed by atoms with E-state index in [9.17, 15) is 4.79 Å². The van der Waals surface area contributed by atoms with Crippen LogP contribution in [0.25, 0.3) is 0 Å². The lowest BCUT2D eigenvalue weighted by molar-refractivity contribution is -0.131. The Morgan fingerprint density at radius 2 is 2.12 bits per heavy atom. The van der Waals surface area contributed by atoms with Gasteiger partial charge >= 0.3 is 5.97 Å². The maximum atomic E-state index is 10.7. The molecular weight excluding hydrogens is 224 g/mol. The van der Waals surface area contributed by atoms with Gasteiger partial charge in [-0.25, -0.2) is 4.79 Å². The molecule has 0 atom stereocenters. The van der Waals surface area contributed by atoms with E-state index >= 15 is 0 Å². The zero-order chi connectivity index (χ0) is 11.5. The number of halogens is 1. The van der Waals surface area contributed by atoms with Crippen molar-refractivity contribution in [1.29, 1.82) is 0 Å². The molecule has 16 heavy (non-hydrogen) atoms. The normalized spacial score (nSPS) is 16.2. The Morgan fingerprint density at radius 1 is 1.44 bits per heavy atom. The van der Waals surface area contributed by atoms with E-state index in [0.29, 0.717) is 17.4 Å².